The molecule has 1 aliphatic rings. The summed E-state index contributed by atoms with van der Waals surface area (Å²) >= 11 is 1.66. The van der Waals surface area contributed by atoms with Gasteiger partial charge in [0.25, 0.3) is 5.91 Å². The van der Waals surface area contributed by atoms with Gasteiger partial charge < -0.3 is 19.0 Å². The van der Waals surface area contributed by atoms with Gasteiger partial charge in [-0.3, -0.25) is 4.79 Å². The second-order valence-electron chi connectivity index (χ2n) is 6.44. The van der Waals surface area contributed by atoms with Gasteiger partial charge in [-0.05, 0) is 38.1 Å². The van der Waals surface area contributed by atoms with Crippen molar-refractivity contribution in [3.05, 3.63) is 41.3 Å². The largest absolute Gasteiger partial charge is 0.497 e. The normalized spacial score (nSPS) is 14.9. The Hall–Kier alpha value is -2.54. The molecule has 0 atom stereocenters. The molecule has 0 N–H and O–H groups in total. The van der Waals surface area contributed by atoms with Gasteiger partial charge in [0.05, 0.1) is 22.9 Å². The Morgan fingerprint density at radius 3 is 2.62 bits per heavy atom. The average Bonchev–Trinajstić information content (AvgIpc) is 3.23. The number of amides is 1. The van der Waals surface area contributed by atoms with Crippen LogP contribution in [0.5, 0.6) is 5.75 Å². The number of furan rings is 1. The van der Waals surface area contributed by atoms with Crippen LogP contribution in [0.2, 0.25) is 0 Å². The molecule has 1 fully saturated rings. The molecule has 1 amide bonds. The smallest absolute Gasteiger partial charge is 0.257 e. The molecule has 1 saturated heterocycles. The Morgan fingerprint density at radius 1 is 1.19 bits per heavy atom. The fourth-order valence-electron chi connectivity index (χ4n) is 3.27. The van der Waals surface area contributed by atoms with Crippen molar-refractivity contribution in [2.75, 3.05) is 38.2 Å². The number of aryl methyl sites for hydroxylation is 2. The van der Waals surface area contributed by atoms with Crippen LogP contribution in [0.25, 0.3) is 10.2 Å². The summed E-state index contributed by atoms with van der Waals surface area (Å²) in [5, 5.41) is 0.996. The predicted molar refractivity (Wildman–Crippen MR) is 102 cm³/mol. The molecule has 0 spiro atoms. The minimum Gasteiger partial charge on any atom is -0.497 e. The van der Waals surface area contributed by atoms with E-state index in [2.05, 4.69) is 4.90 Å². The molecule has 136 valence electrons. The van der Waals surface area contributed by atoms with Gasteiger partial charge in [0, 0.05) is 26.2 Å². The number of benzene rings is 1. The summed E-state index contributed by atoms with van der Waals surface area (Å²) in [5.74, 6) is 2.35. The second kappa shape index (κ2) is 6.64. The van der Waals surface area contributed by atoms with Crippen molar-refractivity contribution in [1.82, 2.24) is 9.88 Å². The maximum absolute atomic E-state index is 12.7. The standard InChI is InChI=1S/C19H21N3O3S/c1-12-10-15(13(2)25-12)18(23)21-6-8-22(9-7-21)19-20-16-5-4-14(24-3)11-17(16)26-19/h4-5,10-11H,6-9H2,1-3H3. The lowest BCUT2D eigenvalue weighted by molar-refractivity contribution is 0.0745. The minimum absolute atomic E-state index is 0.0491. The fraction of sp³-hybridized carbons (Fsp3) is 0.368. The maximum atomic E-state index is 12.7. The van der Waals surface area contributed by atoms with Crippen molar-refractivity contribution in [2.45, 2.75) is 13.8 Å². The number of hydrogen-bond donors (Lipinski definition) is 0. The van der Waals surface area contributed by atoms with Crippen molar-refractivity contribution in [1.29, 1.82) is 0 Å². The first kappa shape index (κ1) is 16.9. The van der Waals surface area contributed by atoms with E-state index in [1.165, 1.54) is 0 Å². The van der Waals surface area contributed by atoms with E-state index in [0.717, 1.165) is 39.9 Å². The van der Waals surface area contributed by atoms with Crippen molar-refractivity contribution in [2.24, 2.45) is 0 Å². The highest BCUT2D eigenvalue weighted by Crippen LogP contribution is 2.32. The van der Waals surface area contributed by atoms with E-state index in [-0.39, 0.29) is 5.91 Å². The molecule has 0 radical (unpaired) electrons. The summed E-state index contributed by atoms with van der Waals surface area (Å²) < 4.78 is 11.9. The van der Waals surface area contributed by atoms with E-state index >= 15 is 0 Å². The van der Waals surface area contributed by atoms with E-state index in [1.807, 2.05) is 43.0 Å². The summed E-state index contributed by atoms with van der Waals surface area (Å²) in [6.45, 7) is 6.62. The van der Waals surface area contributed by atoms with Crippen molar-refractivity contribution < 1.29 is 13.9 Å². The number of anilines is 1. The first-order valence-corrected chi connectivity index (χ1v) is 9.42. The summed E-state index contributed by atoms with van der Waals surface area (Å²) in [5.41, 5.74) is 1.65. The Bertz CT molecular complexity index is 954. The Kier molecular flexibility index (Phi) is 4.32. The van der Waals surface area contributed by atoms with Crippen molar-refractivity contribution in [3.8, 4) is 5.75 Å². The highest BCUT2D eigenvalue weighted by atomic mass is 32.1. The molecular formula is C19H21N3O3S. The molecule has 4 rings (SSSR count). The Morgan fingerprint density at radius 2 is 1.96 bits per heavy atom. The number of nitrogens with zero attached hydrogens (tertiary/aromatic N) is 3. The molecule has 2 aromatic heterocycles. The van der Waals surface area contributed by atoms with Crippen LogP contribution in [-0.2, 0) is 0 Å². The predicted octanol–water partition coefficient (Wildman–Crippen LogP) is 3.48. The van der Waals surface area contributed by atoms with E-state index < -0.39 is 0 Å². The van der Waals surface area contributed by atoms with E-state index in [1.54, 1.807) is 18.4 Å². The van der Waals surface area contributed by atoms with Crippen LogP contribution in [0.3, 0.4) is 0 Å². The summed E-state index contributed by atoms with van der Waals surface area (Å²) in [7, 11) is 1.67. The molecule has 7 heteroatoms. The third-order valence-electron chi connectivity index (χ3n) is 4.69. The van der Waals surface area contributed by atoms with Crippen molar-refractivity contribution >= 4 is 32.6 Å². The average molecular weight is 371 g/mol. The zero-order chi connectivity index (χ0) is 18.3. The van der Waals surface area contributed by atoms with E-state index in [9.17, 15) is 4.79 Å². The topological polar surface area (TPSA) is 58.8 Å². The molecule has 1 aliphatic heterocycles. The number of ether oxygens (including phenoxy) is 1. The number of carbonyl (C=O) groups is 1. The van der Waals surface area contributed by atoms with Gasteiger partial charge in [-0.25, -0.2) is 4.98 Å². The Labute approximate surface area is 156 Å². The molecule has 3 aromatic rings. The number of fused-ring (bicyclic) bond motifs is 1. The molecular weight excluding hydrogens is 350 g/mol. The van der Waals surface area contributed by atoms with Crippen LogP contribution in [0, 0.1) is 13.8 Å². The van der Waals surface area contributed by atoms with Crippen LogP contribution in [0.15, 0.2) is 28.7 Å². The molecule has 0 aliphatic carbocycles. The number of carbonyl (C=O) groups excluding carboxylic acids is 1. The van der Waals surface area contributed by atoms with Crippen LogP contribution < -0.4 is 9.64 Å². The van der Waals surface area contributed by atoms with Crippen LogP contribution in [0.1, 0.15) is 21.9 Å². The fourth-order valence-corrected chi connectivity index (χ4v) is 4.32. The third kappa shape index (κ3) is 3.03. The third-order valence-corrected chi connectivity index (χ3v) is 5.77. The SMILES string of the molecule is COc1ccc2nc(N3CCN(C(=O)c4cc(C)oc4C)CC3)sc2c1. The Balaban J connectivity index is 1.46. The lowest BCUT2D eigenvalue weighted by Gasteiger charge is -2.34. The van der Waals surface area contributed by atoms with Gasteiger partial charge in [-0.1, -0.05) is 11.3 Å². The van der Waals surface area contributed by atoms with Gasteiger partial charge >= 0.3 is 0 Å². The highest BCUT2D eigenvalue weighted by molar-refractivity contribution is 7.22. The molecule has 0 bridgehead atoms. The number of rotatable bonds is 3. The zero-order valence-corrected chi connectivity index (χ0v) is 15.9. The number of hydrogen-bond acceptors (Lipinski definition) is 6. The quantitative estimate of drug-likeness (QED) is 0.705. The van der Waals surface area contributed by atoms with Crippen molar-refractivity contribution in [3.63, 3.8) is 0 Å². The van der Waals surface area contributed by atoms with Gasteiger partial charge in [0.2, 0.25) is 0 Å². The number of piperazine rings is 1. The van der Waals surface area contributed by atoms with Crippen LogP contribution in [-0.4, -0.2) is 49.1 Å². The lowest BCUT2D eigenvalue weighted by atomic mass is 10.2. The molecule has 26 heavy (non-hydrogen) atoms. The van der Waals surface area contributed by atoms with E-state index in [4.69, 9.17) is 14.1 Å². The first-order valence-electron chi connectivity index (χ1n) is 8.61. The van der Waals surface area contributed by atoms with Crippen LogP contribution >= 0.6 is 11.3 Å². The molecule has 0 unspecified atom stereocenters. The molecule has 1 aromatic carbocycles. The number of aromatic nitrogens is 1. The van der Waals surface area contributed by atoms with Gasteiger partial charge in [0.15, 0.2) is 5.13 Å². The van der Waals surface area contributed by atoms with Gasteiger partial charge in [-0.2, -0.15) is 0 Å². The molecule has 6 nitrogen and oxygen atoms in total. The first-order chi connectivity index (χ1) is 12.5. The number of methoxy groups -OCH3 is 1. The summed E-state index contributed by atoms with van der Waals surface area (Å²) in [6.07, 6.45) is 0. The van der Waals surface area contributed by atoms with Gasteiger partial charge in [0.1, 0.15) is 17.3 Å². The van der Waals surface area contributed by atoms with Gasteiger partial charge in [-0.15, -0.1) is 0 Å². The zero-order valence-electron chi connectivity index (χ0n) is 15.1. The number of thiazole rings is 1. The molecule has 0 saturated carbocycles. The lowest BCUT2D eigenvalue weighted by Crippen LogP contribution is -2.48. The summed E-state index contributed by atoms with van der Waals surface area (Å²) in [4.78, 5) is 21.6. The minimum atomic E-state index is 0.0491. The monoisotopic (exact) mass is 371 g/mol. The highest BCUT2D eigenvalue weighted by Gasteiger charge is 2.26. The van der Waals surface area contributed by atoms with E-state index in [0.29, 0.717) is 24.4 Å². The van der Waals surface area contributed by atoms with Crippen LogP contribution in [0.4, 0.5) is 5.13 Å². The summed E-state index contributed by atoms with van der Waals surface area (Å²) in [6, 6.07) is 7.75. The molecule has 3 heterocycles. The second-order valence-corrected chi connectivity index (χ2v) is 7.45. The maximum Gasteiger partial charge on any atom is 0.257 e.